The number of hydrogen-bond donors (Lipinski definition) is 1. The number of nitrogens with one attached hydrogen (secondary N) is 1. The van der Waals surface area contributed by atoms with Crippen molar-refractivity contribution < 1.29 is 9.53 Å². The van der Waals surface area contributed by atoms with E-state index in [0.29, 0.717) is 12.4 Å². The SMILES string of the molecule is CC(C)Oc1ccc2c(NC(=O)c3cccnn3)nn(Cc3ccccc3)c2c1. The second-order valence-corrected chi connectivity index (χ2v) is 6.90. The number of ether oxygens (including phenoxy) is 1. The van der Waals surface area contributed by atoms with Crippen molar-refractivity contribution in [3.8, 4) is 5.75 Å². The third-order valence-corrected chi connectivity index (χ3v) is 4.31. The standard InChI is InChI=1S/C22H21N5O2/c1-15(2)29-17-10-11-18-20(13-17)27(14-16-7-4-3-5-8-16)26-21(18)24-22(28)19-9-6-12-23-25-19/h3-13,15H,14H2,1-2H3,(H,24,26,28). The van der Waals surface area contributed by atoms with E-state index in [-0.39, 0.29) is 17.7 Å². The summed E-state index contributed by atoms with van der Waals surface area (Å²) >= 11 is 0. The van der Waals surface area contributed by atoms with Gasteiger partial charge in [0.1, 0.15) is 5.75 Å². The number of fused-ring (bicyclic) bond motifs is 1. The van der Waals surface area contributed by atoms with Gasteiger partial charge in [-0.1, -0.05) is 30.3 Å². The number of benzene rings is 2. The topological polar surface area (TPSA) is 81.9 Å². The molecular weight excluding hydrogens is 366 g/mol. The summed E-state index contributed by atoms with van der Waals surface area (Å²) in [6, 6.07) is 19.1. The maximum Gasteiger partial charge on any atom is 0.277 e. The van der Waals surface area contributed by atoms with Gasteiger partial charge in [0.25, 0.3) is 5.91 Å². The fraction of sp³-hybridized carbons (Fsp3) is 0.182. The molecule has 0 unspecified atom stereocenters. The zero-order chi connectivity index (χ0) is 20.2. The molecule has 2 aromatic carbocycles. The highest BCUT2D eigenvalue weighted by atomic mass is 16.5. The molecule has 0 aliphatic heterocycles. The smallest absolute Gasteiger partial charge is 0.277 e. The minimum Gasteiger partial charge on any atom is -0.491 e. The van der Waals surface area contributed by atoms with Crippen molar-refractivity contribution in [2.75, 3.05) is 5.32 Å². The van der Waals surface area contributed by atoms with E-state index in [4.69, 9.17) is 4.74 Å². The molecule has 29 heavy (non-hydrogen) atoms. The monoisotopic (exact) mass is 387 g/mol. The van der Waals surface area contributed by atoms with Crippen LogP contribution in [0.1, 0.15) is 29.9 Å². The zero-order valence-corrected chi connectivity index (χ0v) is 16.2. The first kappa shape index (κ1) is 18.6. The molecule has 7 heteroatoms. The predicted octanol–water partition coefficient (Wildman–Crippen LogP) is 3.91. The number of nitrogens with zero attached hydrogens (tertiary/aromatic N) is 4. The second kappa shape index (κ2) is 8.10. The molecule has 0 atom stereocenters. The van der Waals surface area contributed by atoms with Crippen molar-refractivity contribution in [2.45, 2.75) is 26.5 Å². The third kappa shape index (κ3) is 4.24. The molecule has 0 aliphatic rings. The van der Waals surface area contributed by atoms with Crippen molar-refractivity contribution in [3.05, 3.63) is 78.1 Å². The molecule has 1 amide bonds. The van der Waals surface area contributed by atoms with Crippen molar-refractivity contribution >= 4 is 22.6 Å². The van der Waals surface area contributed by atoms with Gasteiger partial charge in [-0.3, -0.25) is 9.48 Å². The highest BCUT2D eigenvalue weighted by Gasteiger charge is 2.16. The number of rotatable bonds is 6. The summed E-state index contributed by atoms with van der Waals surface area (Å²) in [7, 11) is 0. The fourth-order valence-corrected chi connectivity index (χ4v) is 3.06. The Morgan fingerprint density at radius 3 is 2.66 bits per heavy atom. The van der Waals surface area contributed by atoms with Gasteiger partial charge in [0.05, 0.1) is 18.2 Å². The first-order valence-corrected chi connectivity index (χ1v) is 9.40. The Labute approximate surface area is 168 Å². The van der Waals surface area contributed by atoms with Crippen LogP contribution in [-0.2, 0) is 6.54 Å². The highest BCUT2D eigenvalue weighted by molar-refractivity contribution is 6.07. The first-order chi connectivity index (χ1) is 14.1. The lowest BCUT2D eigenvalue weighted by atomic mass is 10.2. The van der Waals surface area contributed by atoms with Crippen LogP contribution in [0.5, 0.6) is 5.75 Å². The van der Waals surface area contributed by atoms with E-state index in [0.717, 1.165) is 22.2 Å². The number of carbonyl (C=O) groups excluding carboxylic acids is 1. The average molecular weight is 387 g/mol. The Morgan fingerprint density at radius 2 is 1.93 bits per heavy atom. The van der Waals surface area contributed by atoms with Crippen molar-refractivity contribution in [1.82, 2.24) is 20.0 Å². The Kier molecular flexibility index (Phi) is 5.20. The van der Waals surface area contributed by atoms with Gasteiger partial charge in [-0.2, -0.15) is 10.2 Å². The maximum absolute atomic E-state index is 12.6. The van der Waals surface area contributed by atoms with Gasteiger partial charge in [-0.05, 0) is 43.7 Å². The zero-order valence-electron chi connectivity index (χ0n) is 16.2. The molecule has 0 bridgehead atoms. The number of amides is 1. The van der Waals surface area contributed by atoms with E-state index in [9.17, 15) is 4.79 Å². The summed E-state index contributed by atoms with van der Waals surface area (Å²) in [6.07, 6.45) is 1.59. The molecule has 7 nitrogen and oxygen atoms in total. The Bertz CT molecular complexity index is 1120. The molecule has 1 N–H and O–H groups in total. The summed E-state index contributed by atoms with van der Waals surface area (Å²) in [5.41, 5.74) is 2.22. The van der Waals surface area contributed by atoms with E-state index in [1.807, 2.05) is 67.1 Å². The van der Waals surface area contributed by atoms with Gasteiger partial charge in [0, 0.05) is 17.6 Å². The largest absolute Gasteiger partial charge is 0.491 e. The number of hydrogen-bond acceptors (Lipinski definition) is 5. The molecular formula is C22H21N5O2. The van der Waals surface area contributed by atoms with Gasteiger partial charge in [0.15, 0.2) is 11.5 Å². The molecule has 4 aromatic rings. The molecule has 0 saturated heterocycles. The van der Waals surface area contributed by atoms with Crippen LogP contribution in [0.4, 0.5) is 5.82 Å². The van der Waals surface area contributed by atoms with E-state index >= 15 is 0 Å². The quantitative estimate of drug-likeness (QED) is 0.542. The highest BCUT2D eigenvalue weighted by Crippen LogP contribution is 2.28. The van der Waals surface area contributed by atoms with Crippen LogP contribution >= 0.6 is 0 Å². The van der Waals surface area contributed by atoms with E-state index in [2.05, 4.69) is 20.6 Å². The molecule has 146 valence electrons. The molecule has 0 saturated carbocycles. The summed E-state index contributed by atoms with van der Waals surface area (Å²) in [5.74, 6) is 0.878. The van der Waals surface area contributed by atoms with E-state index in [1.54, 1.807) is 12.1 Å². The van der Waals surface area contributed by atoms with Crippen LogP contribution in [-0.4, -0.2) is 32.0 Å². The van der Waals surface area contributed by atoms with Crippen molar-refractivity contribution in [3.63, 3.8) is 0 Å². The van der Waals surface area contributed by atoms with Crippen molar-refractivity contribution in [1.29, 1.82) is 0 Å². The summed E-state index contributed by atoms with van der Waals surface area (Å²) in [6.45, 7) is 4.54. The predicted molar refractivity (Wildman–Crippen MR) is 111 cm³/mol. The number of aromatic nitrogens is 4. The van der Waals surface area contributed by atoms with Crippen molar-refractivity contribution in [2.24, 2.45) is 0 Å². The fourth-order valence-electron chi connectivity index (χ4n) is 3.06. The van der Waals surface area contributed by atoms with E-state index < -0.39 is 0 Å². The normalized spacial score (nSPS) is 11.0. The van der Waals surface area contributed by atoms with E-state index in [1.165, 1.54) is 6.20 Å². The average Bonchev–Trinajstić information content (AvgIpc) is 3.05. The lowest BCUT2D eigenvalue weighted by molar-refractivity contribution is 0.102. The molecule has 0 radical (unpaired) electrons. The first-order valence-electron chi connectivity index (χ1n) is 9.40. The molecule has 2 heterocycles. The van der Waals surface area contributed by atoms with Crippen LogP contribution in [0.2, 0.25) is 0 Å². The minimum absolute atomic E-state index is 0.0637. The van der Waals surface area contributed by atoms with Gasteiger partial charge in [-0.15, -0.1) is 5.10 Å². The Balaban J connectivity index is 1.73. The van der Waals surface area contributed by atoms with Gasteiger partial charge < -0.3 is 10.1 Å². The molecule has 4 rings (SSSR count). The number of carbonyl (C=O) groups is 1. The third-order valence-electron chi connectivity index (χ3n) is 4.31. The molecule has 2 aromatic heterocycles. The van der Waals surface area contributed by atoms with Gasteiger partial charge >= 0.3 is 0 Å². The molecule has 0 aliphatic carbocycles. The minimum atomic E-state index is -0.355. The maximum atomic E-state index is 12.6. The van der Waals surface area contributed by atoms with Gasteiger partial charge in [0.2, 0.25) is 0 Å². The summed E-state index contributed by atoms with van der Waals surface area (Å²) < 4.78 is 7.71. The Hall–Kier alpha value is -3.74. The lowest BCUT2D eigenvalue weighted by Crippen LogP contribution is -2.15. The second-order valence-electron chi connectivity index (χ2n) is 6.90. The molecule has 0 spiro atoms. The Morgan fingerprint density at radius 1 is 1.10 bits per heavy atom. The van der Waals surface area contributed by atoms with Gasteiger partial charge in [-0.25, -0.2) is 0 Å². The van der Waals surface area contributed by atoms with Crippen LogP contribution in [0.25, 0.3) is 10.9 Å². The van der Waals surface area contributed by atoms with Crippen LogP contribution in [0.3, 0.4) is 0 Å². The summed E-state index contributed by atoms with van der Waals surface area (Å²) in [4.78, 5) is 12.6. The number of anilines is 1. The molecule has 0 fully saturated rings. The lowest BCUT2D eigenvalue weighted by Gasteiger charge is -2.10. The van der Waals surface area contributed by atoms with Crippen LogP contribution in [0, 0.1) is 0 Å². The van der Waals surface area contributed by atoms with Crippen LogP contribution in [0.15, 0.2) is 66.9 Å². The summed E-state index contributed by atoms with van der Waals surface area (Å²) in [5, 5.41) is 15.9. The van der Waals surface area contributed by atoms with Crippen LogP contribution < -0.4 is 10.1 Å².